The zero-order chi connectivity index (χ0) is 18.5. The Kier molecular flexibility index (Phi) is 5.72. The molecule has 0 bridgehead atoms. The fourth-order valence-electron chi connectivity index (χ4n) is 2.34. The van der Waals surface area contributed by atoms with Crippen molar-refractivity contribution >= 4 is 11.8 Å². The van der Waals surface area contributed by atoms with Crippen molar-refractivity contribution in [1.82, 2.24) is 15.1 Å². The summed E-state index contributed by atoms with van der Waals surface area (Å²) in [6.45, 7) is 10.3. The molecular formula is C19H28N4O2. The Morgan fingerprint density at radius 3 is 2.60 bits per heavy atom. The zero-order valence-corrected chi connectivity index (χ0v) is 15.7. The molecule has 0 saturated heterocycles. The summed E-state index contributed by atoms with van der Waals surface area (Å²) in [4.78, 5) is 11.9. The highest BCUT2D eigenvalue weighted by molar-refractivity contribution is 5.68. The largest absolute Gasteiger partial charge is 0.444 e. The van der Waals surface area contributed by atoms with Gasteiger partial charge in [0, 0.05) is 30.2 Å². The smallest absolute Gasteiger partial charge is 0.408 e. The molecule has 0 aliphatic heterocycles. The van der Waals surface area contributed by atoms with Gasteiger partial charge < -0.3 is 15.4 Å². The summed E-state index contributed by atoms with van der Waals surface area (Å²) in [5, 5.41) is 10.5. The lowest BCUT2D eigenvalue weighted by Gasteiger charge is -2.28. The Morgan fingerprint density at radius 2 is 1.96 bits per heavy atom. The number of hydrogen-bond acceptors (Lipinski definition) is 4. The Bertz CT molecular complexity index is 688. The number of hydrogen-bond donors (Lipinski definition) is 2. The molecular weight excluding hydrogens is 316 g/mol. The van der Waals surface area contributed by atoms with Crippen LogP contribution < -0.4 is 10.6 Å². The highest BCUT2D eigenvalue weighted by Crippen LogP contribution is 2.16. The van der Waals surface area contributed by atoms with E-state index >= 15 is 0 Å². The minimum atomic E-state index is -0.495. The van der Waals surface area contributed by atoms with E-state index in [1.54, 1.807) is 6.20 Å². The Morgan fingerprint density at radius 1 is 1.20 bits per heavy atom. The van der Waals surface area contributed by atoms with Gasteiger partial charge >= 0.3 is 6.09 Å². The maximum absolute atomic E-state index is 11.9. The van der Waals surface area contributed by atoms with Gasteiger partial charge in [0.2, 0.25) is 0 Å². The van der Waals surface area contributed by atoms with E-state index in [9.17, 15) is 4.79 Å². The molecule has 136 valence electrons. The van der Waals surface area contributed by atoms with E-state index in [4.69, 9.17) is 4.74 Å². The maximum Gasteiger partial charge on any atom is 0.408 e. The number of ether oxygens (including phenoxy) is 1. The molecule has 2 aromatic rings. The number of benzene rings is 1. The minimum absolute atomic E-state index is 0.366. The van der Waals surface area contributed by atoms with Gasteiger partial charge in [-0.2, -0.15) is 5.10 Å². The van der Waals surface area contributed by atoms with Crippen molar-refractivity contribution in [2.75, 3.05) is 11.9 Å². The second kappa shape index (κ2) is 7.59. The Labute approximate surface area is 149 Å². The number of alkyl carbamates (subject to hydrolysis) is 1. The molecule has 0 fully saturated rings. The lowest BCUT2D eigenvalue weighted by Crippen LogP contribution is -2.46. The van der Waals surface area contributed by atoms with E-state index in [1.165, 1.54) is 0 Å². The van der Waals surface area contributed by atoms with Gasteiger partial charge in [0.1, 0.15) is 5.60 Å². The van der Waals surface area contributed by atoms with Crippen LogP contribution in [0, 0.1) is 0 Å². The molecule has 1 aromatic carbocycles. The first-order valence-corrected chi connectivity index (χ1v) is 8.50. The van der Waals surface area contributed by atoms with Crippen LogP contribution in [0.3, 0.4) is 0 Å². The van der Waals surface area contributed by atoms with Gasteiger partial charge in [-0.25, -0.2) is 9.48 Å². The van der Waals surface area contributed by atoms with Crippen LogP contribution in [0.25, 0.3) is 5.69 Å². The molecule has 0 aliphatic carbocycles. The summed E-state index contributed by atoms with van der Waals surface area (Å²) in [6.07, 6.45) is 4.04. The molecule has 2 rings (SSSR count). The highest BCUT2D eigenvalue weighted by atomic mass is 16.6. The van der Waals surface area contributed by atoms with Crippen molar-refractivity contribution in [2.24, 2.45) is 0 Å². The van der Waals surface area contributed by atoms with Crippen molar-refractivity contribution < 1.29 is 9.53 Å². The molecule has 1 amide bonds. The quantitative estimate of drug-likeness (QED) is 0.832. The lowest BCUT2D eigenvalue weighted by molar-refractivity contribution is 0.0470. The summed E-state index contributed by atoms with van der Waals surface area (Å²) >= 11 is 0. The van der Waals surface area contributed by atoms with Gasteiger partial charge in [0.05, 0.1) is 5.69 Å². The average Bonchev–Trinajstić information content (AvgIpc) is 2.98. The molecule has 6 heteroatoms. The van der Waals surface area contributed by atoms with E-state index in [0.29, 0.717) is 0 Å². The SMILES string of the molecule is CC(C)(CCNc1cccc(-n2cccn2)c1)NC(=O)OC(C)(C)C. The number of amides is 1. The normalized spacial score (nSPS) is 11.9. The van der Waals surface area contributed by atoms with Crippen LogP contribution in [0.1, 0.15) is 41.0 Å². The molecule has 6 nitrogen and oxygen atoms in total. The molecule has 0 spiro atoms. The van der Waals surface area contributed by atoms with Crippen molar-refractivity contribution in [1.29, 1.82) is 0 Å². The van der Waals surface area contributed by atoms with Gasteiger partial charge in [-0.05, 0) is 65.3 Å². The van der Waals surface area contributed by atoms with E-state index in [2.05, 4.69) is 15.7 Å². The third-order valence-corrected chi connectivity index (χ3v) is 3.53. The lowest BCUT2D eigenvalue weighted by atomic mass is 10.0. The standard InChI is InChI=1S/C19H28N4O2/c1-18(2,3)25-17(24)22-19(4,5)10-12-20-15-8-6-9-16(14-15)23-13-7-11-21-23/h6-9,11,13-14,20H,10,12H2,1-5H3,(H,22,24). The molecule has 0 radical (unpaired) electrons. The van der Waals surface area contributed by atoms with Gasteiger partial charge in [-0.3, -0.25) is 0 Å². The van der Waals surface area contributed by atoms with E-state index in [0.717, 1.165) is 24.3 Å². The predicted molar refractivity (Wildman–Crippen MR) is 100 cm³/mol. The van der Waals surface area contributed by atoms with E-state index in [-0.39, 0.29) is 5.54 Å². The van der Waals surface area contributed by atoms with Crippen LogP contribution in [-0.2, 0) is 4.74 Å². The van der Waals surface area contributed by atoms with Crippen molar-refractivity contribution in [2.45, 2.75) is 52.2 Å². The number of carbonyl (C=O) groups is 1. The maximum atomic E-state index is 11.9. The van der Waals surface area contributed by atoms with Crippen molar-refractivity contribution in [3.05, 3.63) is 42.7 Å². The van der Waals surface area contributed by atoms with Gasteiger partial charge in [-0.1, -0.05) is 6.07 Å². The highest BCUT2D eigenvalue weighted by Gasteiger charge is 2.24. The number of anilines is 1. The van der Waals surface area contributed by atoms with Gasteiger partial charge in [0.15, 0.2) is 0 Å². The van der Waals surface area contributed by atoms with Gasteiger partial charge in [-0.15, -0.1) is 0 Å². The first-order valence-electron chi connectivity index (χ1n) is 8.50. The Hall–Kier alpha value is -2.50. The van der Waals surface area contributed by atoms with E-state index < -0.39 is 11.7 Å². The predicted octanol–water partition coefficient (Wildman–Crippen LogP) is 3.98. The first-order chi connectivity index (χ1) is 11.6. The average molecular weight is 344 g/mol. The van der Waals surface area contributed by atoms with Crippen molar-refractivity contribution in [3.63, 3.8) is 0 Å². The monoisotopic (exact) mass is 344 g/mol. The van der Waals surface area contributed by atoms with Gasteiger partial charge in [0.25, 0.3) is 0 Å². The molecule has 0 aliphatic rings. The number of nitrogens with zero attached hydrogens (tertiary/aromatic N) is 2. The third-order valence-electron chi connectivity index (χ3n) is 3.53. The molecule has 25 heavy (non-hydrogen) atoms. The van der Waals surface area contributed by atoms with Crippen LogP contribution in [0.15, 0.2) is 42.7 Å². The molecule has 1 heterocycles. The third kappa shape index (κ3) is 6.49. The fraction of sp³-hybridized carbons (Fsp3) is 0.474. The second-order valence-electron chi connectivity index (χ2n) is 7.69. The fourth-order valence-corrected chi connectivity index (χ4v) is 2.34. The van der Waals surface area contributed by atoms with Crippen LogP contribution in [0.5, 0.6) is 0 Å². The summed E-state index contributed by atoms with van der Waals surface area (Å²) < 4.78 is 7.13. The number of carbonyl (C=O) groups excluding carboxylic acids is 1. The molecule has 1 aromatic heterocycles. The topological polar surface area (TPSA) is 68.2 Å². The second-order valence-corrected chi connectivity index (χ2v) is 7.69. The number of aromatic nitrogens is 2. The van der Waals surface area contributed by atoms with E-state index in [1.807, 2.05) is 75.8 Å². The van der Waals surface area contributed by atoms with Crippen LogP contribution in [-0.4, -0.2) is 33.6 Å². The number of nitrogens with one attached hydrogen (secondary N) is 2. The van der Waals surface area contributed by atoms with Crippen molar-refractivity contribution in [3.8, 4) is 5.69 Å². The molecule has 2 N–H and O–H groups in total. The molecule has 0 saturated carbocycles. The first kappa shape index (κ1) is 18.8. The van der Waals surface area contributed by atoms with Crippen LogP contribution in [0.2, 0.25) is 0 Å². The summed E-state index contributed by atoms with van der Waals surface area (Å²) in [7, 11) is 0. The number of rotatable bonds is 6. The minimum Gasteiger partial charge on any atom is -0.444 e. The molecule has 0 unspecified atom stereocenters. The zero-order valence-electron chi connectivity index (χ0n) is 15.7. The summed E-state index contributed by atoms with van der Waals surface area (Å²) in [5.74, 6) is 0. The van der Waals surface area contributed by atoms with Crippen LogP contribution in [0.4, 0.5) is 10.5 Å². The Balaban J connectivity index is 1.85. The molecule has 0 atom stereocenters. The van der Waals surface area contributed by atoms with Crippen LogP contribution >= 0.6 is 0 Å². The summed E-state index contributed by atoms with van der Waals surface area (Å²) in [5.41, 5.74) is 1.16. The summed E-state index contributed by atoms with van der Waals surface area (Å²) in [6, 6.07) is 9.95.